The molecule has 2 aromatic rings. The van der Waals surface area contributed by atoms with E-state index >= 15 is 0 Å². The van der Waals surface area contributed by atoms with Crippen LogP contribution in [0.1, 0.15) is 51.4 Å². The van der Waals surface area contributed by atoms with Gasteiger partial charge in [0.05, 0.1) is 16.9 Å². The Bertz CT molecular complexity index is 635. The number of fused-ring (bicyclic) bond motifs is 1. The lowest BCUT2D eigenvalue weighted by Gasteiger charge is -2.36. The highest BCUT2D eigenvalue weighted by molar-refractivity contribution is 9.10. The largest absolute Gasteiger partial charge is 0.324 e. The van der Waals surface area contributed by atoms with E-state index in [1.807, 2.05) is 0 Å². The van der Waals surface area contributed by atoms with Gasteiger partial charge < -0.3 is 4.57 Å². The lowest BCUT2D eigenvalue weighted by atomic mass is 9.77. The molecule has 0 aliphatic heterocycles. The monoisotopic (exact) mass is 368 g/mol. The molecule has 2 atom stereocenters. The minimum atomic E-state index is 0.480. The molecular formula is C17H22BrClN2. The molecule has 0 spiro atoms. The Morgan fingerprint density at radius 2 is 2.10 bits per heavy atom. The highest BCUT2D eigenvalue weighted by atomic mass is 79.9. The van der Waals surface area contributed by atoms with E-state index in [1.54, 1.807) is 0 Å². The van der Waals surface area contributed by atoms with Crippen LogP contribution in [-0.2, 0) is 5.88 Å². The molecular weight excluding hydrogens is 348 g/mol. The number of benzene rings is 1. The Morgan fingerprint density at radius 1 is 1.33 bits per heavy atom. The minimum Gasteiger partial charge on any atom is -0.324 e. The molecule has 1 saturated carbocycles. The van der Waals surface area contributed by atoms with Crippen molar-refractivity contribution in [3.05, 3.63) is 28.5 Å². The lowest BCUT2D eigenvalue weighted by Crippen LogP contribution is -2.28. The van der Waals surface area contributed by atoms with Gasteiger partial charge in [-0.2, -0.15) is 0 Å². The predicted octanol–water partition coefficient (Wildman–Crippen LogP) is 5.92. The van der Waals surface area contributed by atoms with Gasteiger partial charge in [0.2, 0.25) is 0 Å². The van der Waals surface area contributed by atoms with Crippen LogP contribution in [0.25, 0.3) is 11.0 Å². The minimum absolute atomic E-state index is 0.480. The number of halogens is 2. The summed E-state index contributed by atoms with van der Waals surface area (Å²) in [6, 6.07) is 6.86. The van der Waals surface area contributed by atoms with Crippen LogP contribution in [0.3, 0.4) is 0 Å². The van der Waals surface area contributed by atoms with Gasteiger partial charge in [-0.05, 0) is 42.9 Å². The van der Waals surface area contributed by atoms with Crippen molar-refractivity contribution in [3.63, 3.8) is 0 Å². The van der Waals surface area contributed by atoms with Crippen molar-refractivity contribution in [1.29, 1.82) is 0 Å². The van der Waals surface area contributed by atoms with Crippen molar-refractivity contribution in [1.82, 2.24) is 9.55 Å². The molecule has 1 fully saturated rings. The van der Waals surface area contributed by atoms with Crippen LogP contribution in [0.4, 0.5) is 0 Å². The topological polar surface area (TPSA) is 17.8 Å². The van der Waals surface area contributed by atoms with Crippen LogP contribution in [0.2, 0.25) is 0 Å². The summed E-state index contributed by atoms with van der Waals surface area (Å²) in [5.74, 6) is 2.91. The molecule has 1 aromatic carbocycles. The van der Waals surface area contributed by atoms with Crippen LogP contribution in [0, 0.1) is 11.8 Å². The van der Waals surface area contributed by atoms with Gasteiger partial charge in [0.25, 0.3) is 0 Å². The van der Waals surface area contributed by atoms with Crippen LogP contribution in [0.5, 0.6) is 0 Å². The third kappa shape index (κ3) is 2.87. The number of imidazole rings is 1. The average Bonchev–Trinajstić information content (AvgIpc) is 2.84. The van der Waals surface area contributed by atoms with Crippen molar-refractivity contribution >= 4 is 38.6 Å². The third-order valence-corrected chi connectivity index (χ3v) is 5.55. The van der Waals surface area contributed by atoms with Gasteiger partial charge >= 0.3 is 0 Å². The van der Waals surface area contributed by atoms with Gasteiger partial charge in [0.1, 0.15) is 5.82 Å². The fourth-order valence-electron chi connectivity index (χ4n) is 3.82. The Kier molecular flexibility index (Phi) is 4.60. The van der Waals surface area contributed by atoms with Gasteiger partial charge in [0.15, 0.2) is 0 Å². The Labute approximate surface area is 140 Å². The van der Waals surface area contributed by atoms with Gasteiger partial charge in [-0.3, -0.25) is 0 Å². The second-order valence-electron chi connectivity index (χ2n) is 6.42. The molecule has 0 radical (unpaired) electrons. The average molecular weight is 370 g/mol. The van der Waals surface area contributed by atoms with E-state index in [1.165, 1.54) is 31.2 Å². The number of rotatable bonds is 3. The fraction of sp³-hybridized carbons (Fsp3) is 0.588. The summed E-state index contributed by atoms with van der Waals surface area (Å²) < 4.78 is 3.53. The van der Waals surface area contributed by atoms with Gasteiger partial charge in [-0.15, -0.1) is 11.6 Å². The highest BCUT2D eigenvalue weighted by Gasteiger charge is 2.31. The molecule has 114 valence electrons. The maximum absolute atomic E-state index is 6.19. The molecule has 1 aromatic heterocycles. The summed E-state index contributed by atoms with van der Waals surface area (Å²) in [6.45, 7) is 4.69. The maximum atomic E-state index is 6.19. The molecule has 3 rings (SSSR count). The number of nitrogens with zero attached hydrogens (tertiary/aromatic N) is 2. The SMILES string of the molecule is CC(C)C1CCCCC1n1c(CCl)nc2ccc(Br)cc21. The van der Waals surface area contributed by atoms with Gasteiger partial charge in [0, 0.05) is 10.5 Å². The Morgan fingerprint density at radius 3 is 2.81 bits per heavy atom. The molecule has 1 aliphatic rings. The van der Waals surface area contributed by atoms with Crippen molar-refractivity contribution in [2.24, 2.45) is 11.8 Å². The first-order valence-electron chi connectivity index (χ1n) is 7.84. The van der Waals surface area contributed by atoms with Gasteiger partial charge in [-0.1, -0.05) is 42.6 Å². The van der Waals surface area contributed by atoms with Crippen molar-refractivity contribution in [2.75, 3.05) is 0 Å². The molecule has 0 N–H and O–H groups in total. The summed E-state index contributed by atoms with van der Waals surface area (Å²) >= 11 is 9.79. The molecule has 21 heavy (non-hydrogen) atoms. The quantitative estimate of drug-likeness (QED) is 0.613. The number of aromatic nitrogens is 2. The summed E-state index contributed by atoms with van der Waals surface area (Å²) in [5, 5.41) is 0. The highest BCUT2D eigenvalue weighted by Crippen LogP contribution is 2.41. The first-order chi connectivity index (χ1) is 10.1. The van der Waals surface area contributed by atoms with E-state index in [9.17, 15) is 0 Å². The van der Waals surface area contributed by atoms with Crippen molar-refractivity contribution in [2.45, 2.75) is 51.5 Å². The zero-order valence-corrected chi connectivity index (χ0v) is 15.0. The number of alkyl halides is 1. The first kappa shape index (κ1) is 15.4. The first-order valence-corrected chi connectivity index (χ1v) is 9.17. The molecule has 1 aliphatic carbocycles. The number of hydrogen-bond acceptors (Lipinski definition) is 1. The molecule has 2 nitrogen and oxygen atoms in total. The molecule has 0 saturated heterocycles. The molecule has 2 unspecified atom stereocenters. The van der Waals surface area contributed by atoms with Crippen molar-refractivity contribution < 1.29 is 0 Å². The predicted molar refractivity (Wildman–Crippen MR) is 92.8 cm³/mol. The molecule has 4 heteroatoms. The van der Waals surface area contributed by atoms with E-state index in [4.69, 9.17) is 16.6 Å². The standard InChI is InChI=1S/C17H22BrClN2/c1-11(2)13-5-3-4-6-15(13)21-16-9-12(18)7-8-14(16)20-17(21)10-19/h7-9,11,13,15H,3-6,10H2,1-2H3. The normalized spacial score (nSPS) is 23.1. The van der Waals surface area contributed by atoms with E-state index in [0.29, 0.717) is 17.8 Å². The van der Waals surface area contributed by atoms with E-state index in [-0.39, 0.29) is 0 Å². The fourth-order valence-corrected chi connectivity index (χ4v) is 4.36. The lowest BCUT2D eigenvalue weighted by molar-refractivity contribution is 0.185. The van der Waals surface area contributed by atoms with E-state index < -0.39 is 0 Å². The smallest absolute Gasteiger partial charge is 0.125 e. The Hall–Kier alpha value is -0.540. The summed E-state index contributed by atoms with van der Waals surface area (Å²) in [4.78, 5) is 4.75. The van der Waals surface area contributed by atoms with Crippen LogP contribution >= 0.6 is 27.5 Å². The second-order valence-corrected chi connectivity index (χ2v) is 7.61. The summed E-state index contributed by atoms with van der Waals surface area (Å²) in [5.41, 5.74) is 2.28. The van der Waals surface area contributed by atoms with Crippen LogP contribution in [-0.4, -0.2) is 9.55 Å². The van der Waals surface area contributed by atoms with E-state index in [0.717, 1.165) is 21.7 Å². The van der Waals surface area contributed by atoms with Crippen molar-refractivity contribution in [3.8, 4) is 0 Å². The zero-order valence-electron chi connectivity index (χ0n) is 12.6. The van der Waals surface area contributed by atoms with Crippen LogP contribution < -0.4 is 0 Å². The Balaban J connectivity index is 2.14. The molecule has 0 bridgehead atoms. The maximum Gasteiger partial charge on any atom is 0.125 e. The summed E-state index contributed by atoms with van der Waals surface area (Å²) in [7, 11) is 0. The third-order valence-electron chi connectivity index (χ3n) is 4.81. The molecule has 0 amide bonds. The van der Waals surface area contributed by atoms with Gasteiger partial charge in [-0.25, -0.2) is 4.98 Å². The zero-order chi connectivity index (χ0) is 15.0. The second kappa shape index (κ2) is 6.29. The molecule has 1 heterocycles. The number of hydrogen-bond donors (Lipinski definition) is 0. The van der Waals surface area contributed by atoms with Crippen LogP contribution in [0.15, 0.2) is 22.7 Å². The van der Waals surface area contributed by atoms with E-state index in [2.05, 4.69) is 52.5 Å². The summed E-state index contributed by atoms with van der Waals surface area (Å²) in [6.07, 6.45) is 5.22.